The van der Waals surface area contributed by atoms with Crippen molar-refractivity contribution < 1.29 is 9.90 Å². The van der Waals surface area contributed by atoms with Gasteiger partial charge in [0.2, 0.25) is 0 Å². The molecule has 0 atom stereocenters. The van der Waals surface area contributed by atoms with Crippen molar-refractivity contribution in [2.75, 3.05) is 4.72 Å². The average Bonchev–Trinajstić information content (AvgIpc) is 2.06. The van der Waals surface area contributed by atoms with Crippen LogP contribution in [0.1, 0.15) is 10.4 Å². The number of aromatic carboxylic acids is 1. The minimum atomic E-state index is -0.929. The number of hydrogen-bond donors (Lipinski definition) is 3. The normalized spacial score (nSPS) is 9.42. The third kappa shape index (κ3) is 2.14. The van der Waals surface area contributed by atoms with Crippen molar-refractivity contribution in [1.82, 2.24) is 0 Å². The van der Waals surface area contributed by atoms with E-state index in [4.69, 9.17) is 10.2 Å². The van der Waals surface area contributed by atoms with E-state index in [9.17, 15) is 4.79 Å². The summed E-state index contributed by atoms with van der Waals surface area (Å²) in [5.41, 5.74) is 1.05. The molecule has 0 saturated carbocycles. The summed E-state index contributed by atoms with van der Waals surface area (Å²) >= 11 is 0.972. The Morgan fingerprint density at radius 1 is 1.42 bits per heavy atom. The van der Waals surface area contributed by atoms with Crippen molar-refractivity contribution in [3.8, 4) is 0 Å². The average molecular weight is 184 g/mol. The molecule has 0 aromatic heterocycles. The molecule has 0 aliphatic heterocycles. The first-order valence-electron chi connectivity index (χ1n) is 3.19. The second-order valence-electron chi connectivity index (χ2n) is 2.10. The van der Waals surface area contributed by atoms with Crippen molar-refractivity contribution in [3.63, 3.8) is 0 Å². The molecule has 0 unspecified atom stereocenters. The summed E-state index contributed by atoms with van der Waals surface area (Å²) in [6.45, 7) is 0. The third-order valence-electron chi connectivity index (χ3n) is 1.31. The zero-order chi connectivity index (χ0) is 8.97. The number of anilines is 1. The molecule has 0 amide bonds. The van der Waals surface area contributed by atoms with Gasteiger partial charge in [-0.3, -0.25) is 5.14 Å². The molecule has 0 bridgehead atoms. The highest BCUT2D eigenvalue weighted by Crippen LogP contribution is 2.11. The molecule has 0 fully saturated rings. The number of carboxylic acids is 1. The van der Waals surface area contributed by atoms with Crippen LogP contribution in [0.3, 0.4) is 0 Å². The Labute approximate surface area is 74.0 Å². The summed E-state index contributed by atoms with van der Waals surface area (Å²) < 4.78 is 2.78. The van der Waals surface area contributed by atoms with Crippen LogP contribution in [0, 0.1) is 0 Å². The molecule has 4 N–H and O–H groups in total. The number of nitrogens with two attached hydrogens (primary N) is 1. The second kappa shape index (κ2) is 3.99. The molecule has 5 heteroatoms. The van der Waals surface area contributed by atoms with Crippen molar-refractivity contribution >= 4 is 23.8 Å². The molecule has 64 valence electrons. The van der Waals surface area contributed by atoms with Crippen LogP contribution in [-0.2, 0) is 0 Å². The molecule has 0 spiro atoms. The summed E-state index contributed by atoms with van der Waals surface area (Å²) in [4.78, 5) is 10.4. The van der Waals surface area contributed by atoms with Gasteiger partial charge in [0.15, 0.2) is 0 Å². The summed E-state index contributed by atoms with van der Waals surface area (Å²) in [6, 6.07) is 6.34. The van der Waals surface area contributed by atoms with E-state index in [1.807, 2.05) is 0 Å². The van der Waals surface area contributed by atoms with Crippen LogP contribution in [-0.4, -0.2) is 11.1 Å². The number of nitrogens with one attached hydrogen (secondary N) is 1. The number of rotatable bonds is 3. The van der Waals surface area contributed by atoms with E-state index in [1.165, 1.54) is 12.1 Å². The molecule has 12 heavy (non-hydrogen) atoms. The fraction of sp³-hybridized carbons (Fsp3) is 0. The van der Waals surface area contributed by atoms with E-state index in [2.05, 4.69) is 4.72 Å². The van der Waals surface area contributed by atoms with Gasteiger partial charge in [-0.2, -0.15) is 0 Å². The summed E-state index contributed by atoms with van der Waals surface area (Å²) in [6.07, 6.45) is 0. The fourth-order valence-electron chi connectivity index (χ4n) is 0.749. The smallest absolute Gasteiger partial charge is 0.335 e. The van der Waals surface area contributed by atoms with Crippen molar-refractivity contribution in [2.45, 2.75) is 0 Å². The Bertz CT molecular complexity index is 273. The van der Waals surface area contributed by atoms with Gasteiger partial charge in [0.25, 0.3) is 0 Å². The van der Waals surface area contributed by atoms with Gasteiger partial charge in [-0.15, -0.1) is 0 Å². The zero-order valence-electron chi connectivity index (χ0n) is 6.15. The first-order chi connectivity index (χ1) is 5.74. The minimum Gasteiger partial charge on any atom is -0.478 e. The summed E-state index contributed by atoms with van der Waals surface area (Å²) in [5, 5.41) is 13.7. The predicted octanol–water partition coefficient (Wildman–Crippen LogP) is 1.32. The first kappa shape index (κ1) is 8.89. The molecular formula is C7H8N2O2S. The van der Waals surface area contributed by atoms with Crippen molar-refractivity contribution in [3.05, 3.63) is 29.8 Å². The Morgan fingerprint density at radius 2 is 2.00 bits per heavy atom. The maximum Gasteiger partial charge on any atom is 0.335 e. The monoisotopic (exact) mass is 184 g/mol. The molecule has 0 saturated heterocycles. The Hall–Kier alpha value is -1.20. The fourth-order valence-corrected chi connectivity index (χ4v) is 1.02. The van der Waals surface area contributed by atoms with Gasteiger partial charge in [0.05, 0.1) is 5.56 Å². The lowest BCUT2D eigenvalue weighted by Crippen LogP contribution is -1.96. The van der Waals surface area contributed by atoms with Gasteiger partial charge >= 0.3 is 5.97 Å². The Balaban J connectivity index is 2.78. The summed E-state index contributed by atoms with van der Waals surface area (Å²) in [5.74, 6) is -0.929. The number of hydrogen-bond acceptors (Lipinski definition) is 4. The van der Waals surface area contributed by atoms with Crippen LogP contribution in [0.25, 0.3) is 0 Å². The second-order valence-corrected chi connectivity index (χ2v) is 2.54. The van der Waals surface area contributed by atoms with Gasteiger partial charge in [-0.1, -0.05) is 0 Å². The van der Waals surface area contributed by atoms with E-state index < -0.39 is 5.97 Å². The molecule has 4 nitrogen and oxygen atoms in total. The Morgan fingerprint density at radius 3 is 2.42 bits per heavy atom. The maximum absolute atomic E-state index is 10.4. The third-order valence-corrected chi connectivity index (χ3v) is 1.66. The molecular weight excluding hydrogens is 176 g/mol. The molecule has 0 heterocycles. The van der Waals surface area contributed by atoms with E-state index in [0.717, 1.165) is 17.8 Å². The quantitative estimate of drug-likeness (QED) is 0.618. The Kier molecular flexibility index (Phi) is 2.95. The maximum atomic E-state index is 10.4. The largest absolute Gasteiger partial charge is 0.478 e. The van der Waals surface area contributed by atoms with E-state index in [-0.39, 0.29) is 5.56 Å². The van der Waals surface area contributed by atoms with Crippen molar-refractivity contribution in [1.29, 1.82) is 0 Å². The molecule has 1 aromatic carbocycles. The van der Waals surface area contributed by atoms with Crippen LogP contribution in [0.2, 0.25) is 0 Å². The molecule has 0 aliphatic carbocycles. The molecule has 0 aliphatic rings. The van der Waals surface area contributed by atoms with E-state index in [1.54, 1.807) is 12.1 Å². The first-order valence-corrected chi connectivity index (χ1v) is 4.07. The minimum absolute atomic E-state index is 0.266. The standard InChI is InChI=1S/C7H8N2O2S/c8-12-9-6-3-1-5(2-4-6)7(10)11/h1-4,9H,8H2,(H,10,11). The van der Waals surface area contributed by atoms with Gasteiger partial charge < -0.3 is 9.83 Å². The molecule has 1 aromatic rings. The molecule has 1 rings (SSSR count). The summed E-state index contributed by atoms with van der Waals surface area (Å²) in [7, 11) is 0. The lowest BCUT2D eigenvalue weighted by molar-refractivity contribution is 0.0697. The van der Waals surface area contributed by atoms with Gasteiger partial charge in [0, 0.05) is 17.8 Å². The number of benzene rings is 1. The van der Waals surface area contributed by atoms with Crippen LogP contribution in [0.15, 0.2) is 24.3 Å². The molecule has 0 radical (unpaired) electrons. The SMILES string of the molecule is NSNc1ccc(C(=O)O)cc1. The van der Waals surface area contributed by atoms with Gasteiger partial charge in [-0.25, -0.2) is 4.79 Å². The zero-order valence-corrected chi connectivity index (χ0v) is 6.97. The lowest BCUT2D eigenvalue weighted by atomic mass is 10.2. The van der Waals surface area contributed by atoms with Gasteiger partial charge in [-0.05, 0) is 24.3 Å². The van der Waals surface area contributed by atoms with Crippen molar-refractivity contribution in [2.24, 2.45) is 5.14 Å². The highest BCUT2D eigenvalue weighted by Gasteiger charge is 2.00. The van der Waals surface area contributed by atoms with Crippen LogP contribution < -0.4 is 9.86 Å². The van der Waals surface area contributed by atoms with E-state index >= 15 is 0 Å². The highest BCUT2D eigenvalue weighted by molar-refractivity contribution is 7.98. The predicted molar refractivity (Wildman–Crippen MR) is 48.8 cm³/mol. The number of carbonyl (C=O) groups is 1. The lowest BCUT2D eigenvalue weighted by Gasteiger charge is -2.00. The highest BCUT2D eigenvalue weighted by atomic mass is 32.2. The number of carboxylic acid groups (broad SMARTS) is 1. The topological polar surface area (TPSA) is 75.3 Å². The van der Waals surface area contributed by atoms with Crippen LogP contribution in [0.4, 0.5) is 5.69 Å². The van der Waals surface area contributed by atoms with Crippen LogP contribution in [0.5, 0.6) is 0 Å². The van der Waals surface area contributed by atoms with Crippen LogP contribution >= 0.6 is 12.1 Å². The van der Waals surface area contributed by atoms with E-state index in [0.29, 0.717) is 0 Å². The van der Waals surface area contributed by atoms with Gasteiger partial charge in [0.1, 0.15) is 0 Å².